The van der Waals surface area contributed by atoms with Gasteiger partial charge in [-0.05, 0) is 17.7 Å². The average molecular weight is 223 g/mol. The predicted molar refractivity (Wildman–Crippen MR) is 57.0 cm³/mol. The highest BCUT2D eigenvalue weighted by atomic mass is 35.5. The number of nitrogens with zero attached hydrogens (tertiary/aromatic N) is 2. The lowest BCUT2D eigenvalue weighted by molar-refractivity contribution is 0.628. The monoisotopic (exact) mass is 222 g/mol. The van der Waals surface area contributed by atoms with Gasteiger partial charge in [0.2, 0.25) is 0 Å². The molecule has 0 bridgehead atoms. The van der Waals surface area contributed by atoms with Crippen molar-refractivity contribution in [2.75, 3.05) is 0 Å². The molecule has 0 aliphatic heterocycles. The van der Waals surface area contributed by atoms with Crippen molar-refractivity contribution in [3.8, 4) is 11.1 Å². The van der Waals surface area contributed by atoms with Crippen molar-refractivity contribution in [1.82, 2.24) is 9.97 Å². The Bertz CT molecular complexity index is 439. The molecule has 0 aliphatic carbocycles. The first-order valence-corrected chi connectivity index (χ1v) is 4.96. The fourth-order valence-corrected chi connectivity index (χ4v) is 1.35. The van der Waals surface area contributed by atoms with Crippen LogP contribution >= 0.6 is 11.6 Å². The van der Waals surface area contributed by atoms with Gasteiger partial charge in [0.15, 0.2) is 0 Å². The number of rotatable bonds is 2. The second-order valence-corrected chi connectivity index (χ2v) is 3.30. The summed E-state index contributed by atoms with van der Waals surface area (Å²) < 4.78 is 12.7. The van der Waals surface area contributed by atoms with Gasteiger partial charge >= 0.3 is 0 Å². The first kappa shape index (κ1) is 10.1. The molecule has 0 aliphatic rings. The van der Waals surface area contributed by atoms with Crippen LogP contribution in [0.3, 0.4) is 0 Å². The highest BCUT2D eigenvalue weighted by molar-refractivity contribution is 6.16. The molecule has 76 valence electrons. The van der Waals surface area contributed by atoms with E-state index in [-0.39, 0.29) is 5.82 Å². The van der Waals surface area contributed by atoms with E-state index in [1.54, 1.807) is 24.5 Å². The van der Waals surface area contributed by atoms with Crippen LogP contribution in [-0.2, 0) is 5.88 Å². The van der Waals surface area contributed by atoms with E-state index in [1.165, 1.54) is 12.1 Å². The van der Waals surface area contributed by atoms with Crippen molar-refractivity contribution < 1.29 is 4.39 Å². The van der Waals surface area contributed by atoms with E-state index in [0.29, 0.717) is 11.7 Å². The zero-order valence-corrected chi connectivity index (χ0v) is 8.58. The zero-order chi connectivity index (χ0) is 10.7. The third kappa shape index (κ3) is 2.30. The van der Waals surface area contributed by atoms with E-state index in [1.807, 2.05) is 0 Å². The minimum atomic E-state index is -0.253. The van der Waals surface area contributed by atoms with Crippen LogP contribution in [0.2, 0.25) is 0 Å². The van der Waals surface area contributed by atoms with Crippen molar-refractivity contribution in [3.63, 3.8) is 0 Å². The smallest absolute Gasteiger partial charge is 0.142 e. The normalized spacial score (nSPS) is 10.3. The van der Waals surface area contributed by atoms with E-state index in [2.05, 4.69) is 9.97 Å². The molecule has 0 spiro atoms. The van der Waals surface area contributed by atoms with Crippen LogP contribution in [0.5, 0.6) is 0 Å². The van der Waals surface area contributed by atoms with Gasteiger partial charge in [0.25, 0.3) is 0 Å². The summed E-state index contributed by atoms with van der Waals surface area (Å²) in [6, 6.07) is 6.19. The van der Waals surface area contributed by atoms with Gasteiger partial charge in [-0.25, -0.2) is 14.4 Å². The standard InChI is InChI=1S/C11H8ClFN2/c12-5-11-14-6-9(7-15-11)8-1-3-10(13)4-2-8/h1-4,6-7H,5H2. The molecule has 0 amide bonds. The van der Waals surface area contributed by atoms with E-state index in [9.17, 15) is 4.39 Å². The summed E-state index contributed by atoms with van der Waals surface area (Å²) in [5, 5.41) is 0. The van der Waals surface area contributed by atoms with E-state index in [4.69, 9.17) is 11.6 Å². The average Bonchev–Trinajstić information content (AvgIpc) is 2.30. The Morgan fingerprint density at radius 1 is 1.00 bits per heavy atom. The SMILES string of the molecule is Fc1ccc(-c2cnc(CCl)nc2)cc1. The summed E-state index contributed by atoms with van der Waals surface area (Å²) in [6.45, 7) is 0. The van der Waals surface area contributed by atoms with Crippen LogP contribution in [0.4, 0.5) is 4.39 Å². The Hall–Kier alpha value is -1.48. The summed E-state index contributed by atoms with van der Waals surface area (Å²) in [4.78, 5) is 8.12. The van der Waals surface area contributed by atoms with Crippen LogP contribution in [0, 0.1) is 5.82 Å². The molecule has 0 unspecified atom stereocenters. The van der Waals surface area contributed by atoms with Gasteiger partial charge in [-0.3, -0.25) is 0 Å². The third-order valence-corrected chi connectivity index (χ3v) is 2.24. The van der Waals surface area contributed by atoms with Gasteiger partial charge in [0, 0.05) is 18.0 Å². The van der Waals surface area contributed by atoms with Gasteiger partial charge in [-0.2, -0.15) is 0 Å². The van der Waals surface area contributed by atoms with Gasteiger partial charge in [0.05, 0.1) is 5.88 Å². The maximum Gasteiger partial charge on any atom is 0.142 e. The lowest BCUT2D eigenvalue weighted by atomic mass is 10.1. The van der Waals surface area contributed by atoms with Gasteiger partial charge in [0.1, 0.15) is 11.6 Å². The fraction of sp³-hybridized carbons (Fsp3) is 0.0909. The molecule has 0 N–H and O–H groups in total. The lowest BCUT2D eigenvalue weighted by Crippen LogP contribution is -1.90. The molecule has 4 heteroatoms. The van der Waals surface area contributed by atoms with E-state index < -0.39 is 0 Å². The molecular formula is C11H8ClFN2. The third-order valence-electron chi connectivity index (χ3n) is 2.00. The molecule has 1 aromatic heterocycles. The summed E-state index contributed by atoms with van der Waals surface area (Å²) in [5.41, 5.74) is 1.74. The Labute approximate surface area is 91.8 Å². The molecule has 0 saturated heterocycles. The number of hydrogen-bond donors (Lipinski definition) is 0. The van der Waals surface area contributed by atoms with Gasteiger partial charge in [-0.1, -0.05) is 12.1 Å². The number of aromatic nitrogens is 2. The summed E-state index contributed by atoms with van der Waals surface area (Å²) in [7, 11) is 0. The molecule has 0 atom stereocenters. The quantitative estimate of drug-likeness (QED) is 0.730. The first-order valence-electron chi connectivity index (χ1n) is 4.42. The van der Waals surface area contributed by atoms with Crippen LogP contribution in [-0.4, -0.2) is 9.97 Å². The minimum Gasteiger partial charge on any atom is -0.239 e. The summed E-state index contributed by atoms with van der Waals surface area (Å²) in [6.07, 6.45) is 3.36. The van der Waals surface area contributed by atoms with Crippen LogP contribution in [0.15, 0.2) is 36.7 Å². The topological polar surface area (TPSA) is 25.8 Å². The van der Waals surface area contributed by atoms with Crippen molar-refractivity contribution in [1.29, 1.82) is 0 Å². The molecule has 1 aromatic carbocycles. The second-order valence-electron chi connectivity index (χ2n) is 3.03. The number of alkyl halides is 1. The predicted octanol–water partition coefficient (Wildman–Crippen LogP) is 3.02. The van der Waals surface area contributed by atoms with Gasteiger partial charge < -0.3 is 0 Å². The van der Waals surface area contributed by atoms with Crippen molar-refractivity contribution in [2.45, 2.75) is 5.88 Å². The largest absolute Gasteiger partial charge is 0.239 e. The molecule has 15 heavy (non-hydrogen) atoms. The fourth-order valence-electron chi connectivity index (χ4n) is 1.22. The maximum atomic E-state index is 12.7. The highest BCUT2D eigenvalue weighted by Crippen LogP contribution is 2.17. The van der Waals surface area contributed by atoms with Crippen molar-refractivity contribution in [3.05, 3.63) is 48.3 Å². The Morgan fingerprint density at radius 3 is 2.13 bits per heavy atom. The van der Waals surface area contributed by atoms with Crippen molar-refractivity contribution >= 4 is 11.6 Å². The van der Waals surface area contributed by atoms with Crippen LogP contribution < -0.4 is 0 Å². The molecular weight excluding hydrogens is 215 g/mol. The van der Waals surface area contributed by atoms with Crippen LogP contribution in [0.1, 0.15) is 5.82 Å². The lowest BCUT2D eigenvalue weighted by Gasteiger charge is -2.00. The molecule has 0 fully saturated rings. The molecule has 1 heterocycles. The van der Waals surface area contributed by atoms with Crippen LogP contribution in [0.25, 0.3) is 11.1 Å². The number of halogens is 2. The number of benzene rings is 1. The Morgan fingerprint density at radius 2 is 1.60 bits per heavy atom. The van der Waals surface area contributed by atoms with Crippen molar-refractivity contribution in [2.24, 2.45) is 0 Å². The van der Waals surface area contributed by atoms with Gasteiger partial charge in [-0.15, -0.1) is 11.6 Å². The molecule has 0 saturated carbocycles. The number of hydrogen-bond acceptors (Lipinski definition) is 2. The van der Waals surface area contributed by atoms with E-state index >= 15 is 0 Å². The van der Waals surface area contributed by atoms with E-state index in [0.717, 1.165) is 11.1 Å². The highest BCUT2D eigenvalue weighted by Gasteiger charge is 1.99. The summed E-state index contributed by atoms with van der Waals surface area (Å²) >= 11 is 5.57. The molecule has 2 nitrogen and oxygen atoms in total. The first-order chi connectivity index (χ1) is 7.29. The molecule has 0 radical (unpaired) electrons. The second kappa shape index (κ2) is 4.36. The summed E-state index contributed by atoms with van der Waals surface area (Å²) in [5.74, 6) is 0.628. The maximum absolute atomic E-state index is 12.7. The Balaban J connectivity index is 2.33. The Kier molecular flexibility index (Phi) is 2.92. The minimum absolute atomic E-state index is 0.253. The molecule has 2 aromatic rings. The molecule has 2 rings (SSSR count). The zero-order valence-electron chi connectivity index (χ0n) is 7.82.